The highest BCUT2D eigenvalue weighted by molar-refractivity contribution is 6.09. The average molecular weight is 659 g/mol. The Balaban J connectivity index is 1.15. The molecule has 0 unspecified atom stereocenters. The van der Waals surface area contributed by atoms with Crippen molar-refractivity contribution in [3.05, 3.63) is 144 Å². The van der Waals surface area contributed by atoms with Crippen LogP contribution in [-0.4, -0.2) is 16.2 Å². The molecule has 5 nitrogen and oxygen atoms in total. The molecule has 0 N–H and O–H groups in total. The smallest absolute Gasteiger partial charge is 0.146 e. The number of halogens is 1. The van der Waals surface area contributed by atoms with Gasteiger partial charge < -0.3 is 14.5 Å². The van der Waals surface area contributed by atoms with E-state index in [0.717, 1.165) is 56.4 Å². The molecule has 7 aromatic rings. The van der Waals surface area contributed by atoms with E-state index >= 15 is 4.39 Å². The first-order chi connectivity index (χ1) is 24.6. The molecule has 9 rings (SSSR count). The van der Waals surface area contributed by atoms with Crippen molar-refractivity contribution in [2.45, 2.75) is 51.4 Å². The highest BCUT2D eigenvalue weighted by Crippen LogP contribution is 2.47. The minimum absolute atomic E-state index is 0.228. The van der Waals surface area contributed by atoms with Crippen molar-refractivity contribution in [1.82, 2.24) is 9.55 Å². The maximum Gasteiger partial charge on any atom is 0.146 e. The minimum atomic E-state index is -0.228. The Morgan fingerprint density at radius 1 is 0.640 bits per heavy atom. The molecule has 1 aliphatic heterocycles. The molecule has 0 atom stereocenters. The molecule has 0 saturated heterocycles. The first-order valence-corrected chi connectivity index (χ1v) is 17.8. The Kier molecular flexibility index (Phi) is 7.72. The van der Waals surface area contributed by atoms with Crippen LogP contribution in [-0.2, 0) is 0 Å². The first kappa shape index (κ1) is 30.4. The third-order valence-electron chi connectivity index (χ3n) is 10.5. The zero-order valence-electron chi connectivity index (χ0n) is 28.2. The number of nitrogens with zero attached hydrogens (tertiary/aromatic N) is 4. The van der Waals surface area contributed by atoms with E-state index < -0.39 is 0 Å². The highest BCUT2D eigenvalue weighted by Gasteiger charge is 2.30. The largest absolute Gasteiger partial charge is 0.457 e. The second-order valence-corrected chi connectivity index (χ2v) is 13.7. The number of pyridine rings is 1. The number of hydrogen-bond donors (Lipinski definition) is 0. The molecule has 0 radical (unpaired) electrons. The zero-order valence-corrected chi connectivity index (χ0v) is 28.2. The van der Waals surface area contributed by atoms with Crippen LogP contribution in [0.3, 0.4) is 0 Å². The number of anilines is 4. The van der Waals surface area contributed by atoms with Crippen LogP contribution >= 0.6 is 0 Å². The molecular weight excluding hydrogens is 620 g/mol. The van der Waals surface area contributed by atoms with Crippen molar-refractivity contribution in [2.75, 3.05) is 16.5 Å². The number of aryl methyl sites for hydroxylation is 1. The normalized spacial score (nSPS) is 15.1. The Morgan fingerprint density at radius 2 is 1.36 bits per heavy atom. The molecule has 1 aliphatic carbocycles. The van der Waals surface area contributed by atoms with E-state index in [1.807, 2.05) is 30.5 Å². The van der Waals surface area contributed by atoms with Gasteiger partial charge in [0.25, 0.3) is 0 Å². The molecule has 5 aromatic carbocycles. The summed E-state index contributed by atoms with van der Waals surface area (Å²) in [5.74, 6) is 2.71. The summed E-state index contributed by atoms with van der Waals surface area (Å²) in [6.07, 6.45) is 9.30. The summed E-state index contributed by atoms with van der Waals surface area (Å²) in [6, 6.07) is 41.1. The quantitative estimate of drug-likeness (QED) is 0.167. The number of hydrogen-bond acceptors (Lipinski definition) is 4. The number of fused-ring (bicyclic) bond motifs is 4. The number of rotatable bonds is 6. The number of ether oxygens (including phenoxy) is 1. The Bertz CT molecular complexity index is 2360. The van der Waals surface area contributed by atoms with Crippen molar-refractivity contribution >= 4 is 44.6 Å². The molecule has 0 amide bonds. The molecule has 0 bridgehead atoms. The summed E-state index contributed by atoms with van der Waals surface area (Å²) < 4.78 is 24.2. The lowest BCUT2D eigenvalue weighted by atomic mass is 9.91. The van der Waals surface area contributed by atoms with Gasteiger partial charge in [0, 0.05) is 34.8 Å². The van der Waals surface area contributed by atoms with Gasteiger partial charge in [-0.1, -0.05) is 68.1 Å². The SMILES string of the molecule is Cc1ccnc(-n2c3ccccc3c3ccc(Oc4cc(C5CCCCCC5)cc(N5CN(c6ccccc6F)c6ccccc65)c4)cc32)c1. The molecule has 2 aromatic heterocycles. The standard InChI is InChI=1S/C44H39FN4O/c1-30-22-23-46-44(24-30)49-39-16-8-6-14-36(39)37-21-20-34(28-43(37)49)50-35-26-32(31-12-4-2-3-5-13-31)25-33(27-35)47-29-48(40-17-9-7-15-38(40)45)42-19-11-10-18-41(42)47/h6-11,14-28,31H,2-5,12-13,29H2,1H3. The van der Waals surface area contributed by atoms with Gasteiger partial charge in [-0.05, 0) is 104 Å². The molecule has 248 valence electrons. The van der Waals surface area contributed by atoms with Gasteiger partial charge in [-0.2, -0.15) is 0 Å². The lowest BCUT2D eigenvalue weighted by Gasteiger charge is -2.25. The second kappa shape index (κ2) is 12.7. The van der Waals surface area contributed by atoms with Crippen LogP contribution in [0.5, 0.6) is 11.5 Å². The summed E-state index contributed by atoms with van der Waals surface area (Å²) in [6.45, 7) is 2.60. The Morgan fingerprint density at radius 3 is 2.16 bits per heavy atom. The number of para-hydroxylation sites is 4. The van der Waals surface area contributed by atoms with Crippen LogP contribution in [0.15, 0.2) is 128 Å². The molecule has 1 fully saturated rings. The van der Waals surface area contributed by atoms with Gasteiger partial charge in [0.2, 0.25) is 0 Å². The fourth-order valence-corrected chi connectivity index (χ4v) is 8.02. The maximum absolute atomic E-state index is 15.2. The van der Waals surface area contributed by atoms with E-state index in [-0.39, 0.29) is 5.82 Å². The van der Waals surface area contributed by atoms with E-state index in [9.17, 15) is 0 Å². The van der Waals surface area contributed by atoms with E-state index in [4.69, 9.17) is 9.72 Å². The number of benzene rings is 5. The van der Waals surface area contributed by atoms with Crippen LogP contribution in [0, 0.1) is 12.7 Å². The van der Waals surface area contributed by atoms with Crippen molar-refractivity contribution in [1.29, 1.82) is 0 Å². The fourth-order valence-electron chi connectivity index (χ4n) is 8.02. The summed E-state index contributed by atoms with van der Waals surface area (Å²) in [4.78, 5) is 9.12. The van der Waals surface area contributed by atoms with Crippen LogP contribution in [0.4, 0.5) is 27.1 Å². The van der Waals surface area contributed by atoms with Gasteiger partial charge >= 0.3 is 0 Å². The first-order valence-electron chi connectivity index (χ1n) is 17.8. The number of aromatic nitrogens is 2. The third kappa shape index (κ3) is 5.45. The maximum atomic E-state index is 15.2. The summed E-state index contributed by atoms with van der Waals surface area (Å²) in [7, 11) is 0. The molecular formula is C44H39FN4O. The molecule has 2 aliphatic rings. The van der Waals surface area contributed by atoms with Gasteiger partial charge in [-0.15, -0.1) is 0 Å². The predicted octanol–water partition coefficient (Wildman–Crippen LogP) is 12.1. The summed E-state index contributed by atoms with van der Waals surface area (Å²) >= 11 is 0. The van der Waals surface area contributed by atoms with Crippen molar-refractivity contribution < 1.29 is 9.13 Å². The van der Waals surface area contributed by atoms with Crippen molar-refractivity contribution in [2.24, 2.45) is 0 Å². The van der Waals surface area contributed by atoms with Crippen LogP contribution < -0.4 is 14.5 Å². The topological polar surface area (TPSA) is 33.5 Å². The average Bonchev–Trinajstić information content (AvgIpc) is 3.54. The Hall–Kier alpha value is -5.62. The fraction of sp³-hybridized carbons (Fsp3) is 0.205. The lowest BCUT2D eigenvalue weighted by Crippen LogP contribution is -2.24. The van der Waals surface area contributed by atoms with Gasteiger partial charge in [-0.25, -0.2) is 9.37 Å². The van der Waals surface area contributed by atoms with Gasteiger partial charge in [0.1, 0.15) is 29.8 Å². The molecule has 50 heavy (non-hydrogen) atoms. The van der Waals surface area contributed by atoms with Crippen LogP contribution in [0.2, 0.25) is 0 Å². The summed E-state index contributed by atoms with van der Waals surface area (Å²) in [5.41, 5.74) is 8.30. The third-order valence-corrected chi connectivity index (χ3v) is 10.5. The molecule has 6 heteroatoms. The van der Waals surface area contributed by atoms with Crippen molar-refractivity contribution in [3.8, 4) is 17.3 Å². The Labute approximate surface area is 292 Å². The highest BCUT2D eigenvalue weighted by atomic mass is 19.1. The van der Waals surface area contributed by atoms with Crippen molar-refractivity contribution in [3.63, 3.8) is 0 Å². The van der Waals surface area contributed by atoms with Crippen LogP contribution in [0.1, 0.15) is 55.6 Å². The summed E-state index contributed by atoms with van der Waals surface area (Å²) in [5, 5.41) is 2.34. The predicted molar refractivity (Wildman–Crippen MR) is 202 cm³/mol. The van der Waals surface area contributed by atoms with Gasteiger partial charge in [-0.3, -0.25) is 4.57 Å². The van der Waals surface area contributed by atoms with E-state index in [1.165, 1.54) is 55.5 Å². The van der Waals surface area contributed by atoms with E-state index in [1.54, 1.807) is 6.07 Å². The zero-order chi connectivity index (χ0) is 33.6. The van der Waals surface area contributed by atoms with E-state index in [2.05, 4.69) is 106 Å². The monoisotopic (exact) mass is 658 g/mol. The molecule has 1 saturated carbocycles. The van der Waals surface area contributed by atoms with Gasteiger partial charge in [0.15, 0.2) is 0 Å². The van der Waals surface area contributed by atoms with Gasteiger partial charge in [0.05, 0.1) is 28.1 Å². The second-order valence-electron chi connectivity index (χ2n) is 13.7. The lowest BCUT2D eigenvalue weighted by molar-refractivity contribution is 0.480. The minimum Gasteiger partial charge on any atom is -0.457 e. The van der Waals surface area contributed by atoms with Crippen LogP contribution in [0.25, 0.3) is 27.6 Å². The molecule has 3 heterocycles. The molecule has 0 spiro atoms. The van der Waals surface area contributed by atoms with E-state index in [0.29, 0.717) is 18.3 Å².